The van der Waals surface area contributed by atoms with Crippen LogP contribution in [-0.4, -0.2) is 34.8 Å². The molecule has 0 bridgehead atoms. The number of aliphatic hydroxyl groups excluding tert-OH is 1. The van der Waals surface area contributed by atoms with Gasteiger partial charge in [0.25, 0.3) is 0 Å². The Hall–Kier alpha value is -1.07. The molecule has 6 heteroatoms. The highest BCUT2D eigenvalue weighted by Gasteiger charge is 2.10. The summed E-state index contributed by atoms with van der Waals surface area (Å²) in [5, 5.41) is 16.1. The molecule has 1 unspecified atom stereocenters. The molecule has 96 valence electrons. The third kappa shape index (κ3) is 4.02. The van der Waals surface area contributed by atoms with E-state index >= 15 is 0 Å². The van der Waals surface area contributed by atoms with Crippen molar-refractivity contribution in [3.8, 4) is 0 Å². The summed E-state index contributed by atoms with van der Waals surface area (Å²) in [5.74, 6) is 0.915. The molecule has 0 fully saturated rings. The lowest BCUT2D eigenvalue weighted by Crippen LogP contribution is -2.19. The van der Waals surface area contributed by atoms with E-state index in [0.717, 1.165) is 0 Å². The third-order valence-electron chi connectivity index (χ3n) is 2.55. The zero-order valence-corrected chi connectivity index (χ0v) is 11.1. The summed E-state index contributed by atoms with van der Waals surface area (Å²) >= 11 is 5.92. The van der Waals surface area contributed by atoms with Crippen molar-refractivity contribution in [1.29, 1.82) is 0 Å². The van der Waals surface area contributed by atoms with Crippen LogP contribution in [0.1, 0.15) is 20.3 Å². The Labute approximate surface area is 107 Å². The number of aromatic nitrogens is 2. The molecule has 17 heavy (non-hydrogen) atoms. The lowest BCUT2D eigenvalue weighted by atomic mass is 10.0. The number of halogens is 1. The van der Waals surface area contributed by atoms with Crippen LogP contribution in [0.5, 0.6) is 0 Å². The molecule has 1 aromatic heterocycles. The summed E-state index contributed by atoms with van der Waals surface area (Å²) in [6, 6.07) is 0. The smallest absolute Gasteiger partial charge is 0.157 e. The summed E-state index contributed by atoms with van der Waals surface area (Å²) in [6.07, 6.45) is 1.77. The average molecular weight is 259 g/mol. The van der Waals surface area contributed by atoms with E-state index in [1.807, 2.05) is 13.8 Å². The van der Waals surface area contributed by atoms with Gasteiger partial charge in [0.05, 0.1) is 6.10 Å². The molecule has 0 saturated carbocycles. The Morgan fingerprint density at radius 3 is 2.71 bits per heavy atom. The minimum atomic E-state index is -0.308. The van der Waals surface area contributed by atoms with Crippen molar-refractivity contribution in [2.75, 3.05) is 24.2 Å². The number of nitrogens with one attached hydrogen (secondary N) is 2. The number of anilines is 2. The van der Waals surface area contributed by atoms with Crippen LogP contribution in [0.3, 0.4) is 0 Å². The van der Waals surface area contributed by atoms with Crippen molar-refractivity contribution in [3.05, 3.63) is 11.5 Å². The number of aliphatic hydroxyl groups is 1. The lowest BCUT2D eigenvalue weighted by molar-refractivity contribution is 0.120. The van der Waals surface area contributed by atoms with Crippen LogP contribution in [0.25, 0.3) is 0 Å². The molecular formula is C11H19ClN4O. The maximum atomic E-state index is 9.67. The van der Waals surface area contributed by atoms with E-state index in [2.05, 4.69) is 20.6 Å². The Morgan fingerprint density at radius 2 is 2.12 bits per heavy atom. The molecule has 1 rings (SSSR count). The van der Waals surface area contributed by atoms with E-state index in [1.54, 1.807) is 7.05 Å². The molecule has 0 aromatic carbocycles. The van der Waals surface area contributed by atoms with Gasteiger partial charge >= 0.3 is 0 Å². The van der Waals surface area contributed by atoms with Crippen molar-refractivity contribution in [1.82, 2.24) is 9.97 Å². The van der Waals surface area contributed by atoms with Gasteiger partial charge in [-0.15, -0.1) is 0 Å². The second kappa shape index (κ2) is 6.61. The monoisotopic (exact) mass is 258 g/mol. The molecule has 0 amide bonds. The fraction of sp³-hybridized carbons (Fsp3) is 0.636. The summed E-state index contributed by atoms with van der Waals surface area (Å²) in [4.78, 5) is 7.99. The molecule has 1 aromatic rings. The Balaban J connectivity index is 2.55. The van der Waals surface area contributed by atoms with E-state index in [0.29, 0.717) is 29.6 Å². The quantitative estimate of drug-likeness (QED) is 0.681. The van der Waals surface area contributed by atoms with Gasteiger partial charge in [0.15, 0.2) is 11.0 Å². The lowest BCUT2D eigenvalue weighted by Gasteiger charge is -2.16. The molecule has 0 aliphatic rings. The highest BCUT2D eigenvalue weighted by atomic mass is 35.5. The van der Waals surface area contributed by atoms with Gasteiger partial charge in [-0.3, -0.25) is 0 Å². The predicted octanol–water partition coefficient (Wildman–Crippen LogP) is 1.99. The first-order chi connectivity index (χ1) is 8.06. The van der Waals surface area contributed by atoms with Crippen molar-refractivity contribution >= 4 is 23.1 Å². The van der Waals surface area contributed by atoms with Gasteiger partial charge in [-0.25, -0.2) is 9.97 Å². The molecule has 1 heterocycles. The van der Waals surface area contributed by atoms with E-state index in [1.165, 1.54) is 6.33 Å². The van der Waals surface area contributed by atoms with Gasteiger partial charge in [-0.2, -0.15) is 0 Å². The van der Waals surface area contributed by atoms with E-state index < -0.39 is 0 Å². The van der Waals surface area contributed by atoms with Crippen LogP contribution >= 0.6 is 11.6 Å². The Bertz CT molecular complexity index is 359. The standard InChI is InChI=1S/C11H19ClN4O/c1-7(2)8(17)4-5-14-11-9(13-3)10(12)15-6-16-11/h6-8,13,17H,4-5H2,1-3H3,(H,14,15,16). The molecule has 3 N–H and O–H groups in total. The first kappa shape index (κ1) is 14.0. The largest absolute Gasteiger partial charge is 0.393 e. The molecule has 0 saturated heterocycles. The molecular weight excluding hydrogens is 240 g/mol. The summed E-state index contributed by atoms with van der Waals surface area (Å²) < 4.78 is 0. The first-order valence-corrected chi connectivity index (χ1v) is 6.04. The normalized spacial score (nSPS) is 12.6. The Kier molecular flexibility index (Phi) is 5.44. The van der Waals surface area contributed by atoms with Gasteiger partial charge in [-0.1, -0.05) is 25.4 Å². The highest BCUT2D eigenvalue weighted by molar-refractivity contribution is 6.32. The summed E-state index contributed by atoms with van der Waals surface area (Å²) in [5.41, 5.74) is 0.674. The van der Waals surface area contributed by atoms with Gasteiger partial charge in [0, 0.05) is 13.6 Å². The van der Waals surface area contributed by atoms with Gasteiger partial charge < -0.3 is 15.7 Å². The van der Waals surface area contributed by atoms with Crippen molar-refractivity contribution in [3.63, 3.8) is 0 Å². The maximum Gasteiger partial charge on any atom is 0.157 e. The van der Waals surface area contributed by atoms with Gasteiger partial charge in [0.2, 0.25) is 0 Å². The number of hydrogen-bond acceptors (Lipinski definition) is 5. The fourth-order valence-electron chi connectivity index (χ4n) is 1.39. The van der Waals surface area contributed by atoms with Crippen molar-refractivity contribution in [2.24, 2.45) is 5.92 Å². The zero-order chi connectivity index (χ0) is 12.8. The first-order valence-electron chi connectivity index (χ1n) is 5.66. The number of nitrogens with zero attached hydrogens (tertiary/aromatic N) is 2. The minimum absolute atomic E-state index is 0.259. The zero-order valence-electron chi connectivity index (χ0n) is 10.4. The molecule has 1 atom stereocenters. The number of rotatable bonds is 6. The van der Waals surface area contributed by atoms with Crippen LogP contribution in [-0.2, 0) is 0 Å². The van der Waals surface area contributed by atoms with E-state index in [-0.39, 0.29) is 12.0 Å². The van der Waals surface area contributed by atoms with Crippen molar-refractivity contribution < 1.29 is 5.11 Å². The molecule has 0 aliphatic heterocycles. The number of hydrogen-bond donors (Lipinski definition) is 3. The molecule has 0 spiro atoms. The highest BCUT2D eigenvalue weighted by Crippen LogP contribution is 2.25. The third-order valence-corrected chi connectivity index (χ3v) is 2.84. The maximum absolute atomic E-state index is 9.67. The minimum Gasteiger partial charge on any atom is -0.393 e. The van der Waals surface area contributed by atoms with Crippen LogP contribution < -0.4 is 10.6 Å². The van der Waals surface area contributed by atoms with Gasteiger partial charge in [0.1, 0.15) is 12.0 Å². The van der Waals surface area contributed by atoms with Crippen LogP contribution in [0, 0.1) is 5.92 Å². The summed E-state index contributed by atoms with van der Waals surface area (Å²) in [7, 11) is 1.76. The topological polar surface area (TPSA) is 70.1 Å². The van der Waals surface area contributed by atoms with Crippen molar-refractivity contribution in [2.45, 2.75) is 26.4 Å². The summed E-state index contributed by atoms with van der Waals surface area (Å²) in [6.45, 7) is 4.62. The average Bonchev–Trinajstić information content (AvgIpc) is 2.29. The molecule has 5 nitrogen and oxygen atoms in total. The Morgan fingerprint density at radius 1 is 1.41 bits per heavy atom. The SMILES string of the molecule is CNc1c(Cl)ncnc1NCCC(O)C(C)C. The van der Waals surface area contributed by atoms with Crippen LogP contribution in [0.4, 0.5) is 11.5 Å². The molecule has 0 aliphatic carbocycles. The second-order valence-corrected chi connectivity index (χ2v) is 4.52. The van der Waals surface area contributed by atoms with E-state index in [9.17, 15) is 5.11 Å². The van der Waals surface area contributed by atoms with E-state index in [4.69, 9.17) is 11.6 Å². The van der Waals surface area contributed by atoms with Gasteiger partial charge in [-0.05, 0) is 12.3 Å². The molecule has 0 radical (unpaired) electrons. The fourth-order valence-corrected chi connectivity index (χ4v) is 1.62. The second-order valence-electron chi connectivity index (χ2n) is 4.16. The van der Waals surface area contributed by atoms with Crippen LogP contribution in [0.15, 0.2) is 6.33 Å². The van der Waals surface area contributed by atoms with Crippen LogP contribution in [0.2, 0.25) is 5.15 Å². The predicted molar refractivity (Wildman–Crippen MR) is 70.5 cm³/mol.